The van der Waals surface area contributed by atoms with Crippen LogP contribution in [-0.2, 0) is 0 Å². The number of aryl methyl sites for hydroxylation is 1. The number of amides is 1. The largest absolute Gasteiger partial charge is 0.328 e. The minimum Gasteiger partial charge on any atom is -0.328 e. The summed E-state index contributed by atoms with van der Waals surface area (Å²) in [5, 5.41) is 2.88. The lowest BCUT2D eigenvalue weighted by atomic mass is 9.76. The van der Waals surface area contributed by atoms with Crippen LogP contribution in [0.3, 0.4) is 0 Å². The molecule has 0 saturated heterocycles. The maximum absolute atomic E-state index is 14.6. The first-order valence-electron chi connectivity index (χ1n) is 10.8. The Morgan fingerprint density at radius 3 is 2.72 bits per heavy atom. The van der Waals surface area contributed by atoms with Crippen LogP contribution >= 0.6 is 0 Å². The van der Waals surface area contributed by atoms with Gasteiger partial charge in [0.1, 0.15) is 17.3 Å². The van der Waals surface area contributed by atoms with Crippen LogP contribution in [-0.4, -0.2) is 21.9 Å². The van der Waals surface area contributed by atoms with Gasteiger partial charge >= 0.3 is 0 Å². The number of hydrogen-bond donors (Lipinski definition) is 2. The molecule has 3 atom stereocenters. The Bertz CT molecular complexity index is 1140. The maximum Gasteiger partial charge on any atom is 0.274 e. The van der Waals surface area contributed by atoms with Crippen molar-refractivity contribution in [2.45, 2.75) is 45.1 Å². The van der Waals surface area contributed by atoms with Gasteiger partial charge in [0.05, 0.1) is 23.1 Å². The van der Waals surface area contributed by atoms with E-state index < -0.39 is 17.5 Å². The molecule has 2 heterocycles. The number of carbonyl (C=O) groups is 1. The molecule has 0 radical (unpaired) electrons. The van der Waals surface area contributed by atoms with Crippen LogP contribution in [0.25, 0.3) is 11.3 Å². The number of aromatic nitrogens is 2. The Morgan fingerprint density at radius 1 is 1.12 bits per heavy atom. The second-order valence-electron chi connectivity index (χ2n) is 8.65. The average molecular weight is 437 g/mol. The lowest BCUT2D eigenvalue weighted by Gasteiger charge is -2.32. The highest BCUT2D eigenvalue weighted by Crippen LogP contribution is 2.38. The van der Waals surface area contributed by atoms with E-state index >= 15 is 0 Å². The van der Waals surface area contributed by atoms with Crippen molar-refractivity contribution in [3.8, 4) is 11.3 Å². The summed E-state index contributed by atoms with van der Waals surface area (Å²) in [7, 11) is 0. The molecular weight excluding hydrogens is 410 g/mol. The zero-order valence-electron chi connectivity index (χ0n) is 18.1. The Kier molecular flexibility index (Phi) is 6.28. The third-order valence-electron chi connectivity index (χ3n) is 6.04. The number of carbonyl (C=O) groups excluding carboxylic acids is 1. The predicted molar refractivity (Wildman–Crippen MR) is 120 cm³/mol. The predicted octanol–water partition coefficient (Wildman–Crippen LogP) is 5.21. The van der Waals surface area contributed by atoms with Crippen LogP contribution in [0.1, 0.15) is 53.7 Å². The van der Waals surface area contributed by atoms with E-state index in [1.165, 1.54) is 24.3 Å². The molecule has 1 saturated carbocycles. The average Bonchev–Trinajstić information content (AvgIpc) is 2.76. The first-order chi connectivity index (χ1) is 15.3. The van der Waals surface area contributed by atoms with Gasteiger partial charge in [0.25, 0.3) is 5.91 Å². The smallest absolute Gasteiger partial charge is 0.274 e. The van der Waals surface area contributed by atoms with Crippen molar-refractivity contribution < 1.29 is 13.6 Å². The highest BCUT2D eigenvalue weighted by atomic mass is 19.1. The van der Waals surface area contributed by atoms with E-state index in [-0.39, 0.29) is 28.9 Å². The number of hydrogen-bond acceptors (Lipinski definition) is 4. The molecule has 3 N–H and O–H groups in total. The van der Waals surface area contributed by atoms with Gasteiger partial charge in [-0.3, -0.25) is 9.78 Å². The van der Waals surface area contributed by atoms with E-state index in [0.717, 1.165) is 24.8 Å². The molecule has 0 spiro atoms. The molecule has 1 aromatic carbocycles. The third kappa shape index (κ3) is 4.53. The molecule has 1 amide bonds. The Hall–Kier alpha value is -3.19. The minimum absolute atomic E-state index is 0.0614. The molecule has 1 aliphatic rings. The van der Waals surface area contributed by atoms with Crippen LogP contribution < -0.4 is 11.1 Å². The third-order valence-corrected chi connectivity index (χ3v) is 6.04. The molecule has 1 aliphatic carbocycles. The van der Waals surface area contributed by atoms with E-state index in [4.69, 9.17) is 5.73 Å². The first kappa shape index (κ1) is 22.0. The van der Waals surface area contributed by atoms with E-state index in [1.807, 2.05) is 6.07 Å². The number of nitrogens with zero attached hydrogens (tertiary/aromatic N) is 2. The molecule has 166 valence electrons. The lowest BCUT2D eigenvalue weighted by molar-refractivity contribution is 0.102. The summed E-state index contributed by atoms with van der Waals surface area (Å²) in [5.41, 5.74) is 8.00. The fraction of sp³-hybridized carbons (Fsp3) is 0.320. The number of pyridine rings is 2. The van der Waals surface area contributed by atoms with E-state index in [0.29, 0.717) is 17.2 Å². The number of halogens is 2. The van der Waals surface area contributed by atoms with E-state index in [1.54, 1.807) is 25.4 Å². The van der Waals surface area contributed by atoms with Gasteiger partial charge in [0.15, 0.2) is 0 Å². The van der Waals surface area contributed by atoms with Crippen molar-refractivity contribution in [1.29, 1.82) is 0 Å². The SMILES string of the molecule is Cc1ccc(F)c(-c2cccc(C(=O)Nc3cnccc3[C@@H]3C[C@H](C)C[C@H](N)C3)n2)c1F. The zero-order valence-corrected chi connectivity index (χ0v) is 18.1. The van der Waals surface area contributed by atoms with Crippen molar-refractivity contribution in [3.63, 3.8) is 0 Å². The topological polar surface area (TPSA) is 80.9 Å². The standard InChI is InChI=1S/C25H26F2N4O/c1-14-10-16(12-17(28)11-14)18-8-9-29-13-22(18)31-25(32)21-5-3-4-20(30-21)23-19(26)7-6-15(2)24(23)27/h3-9,13-14,16-17H,10-12,28H2,1-2H3,(H,31,32)/t14-,16+,17-/m0/s1. The van der Waals surface area contributed by atoms with Gasteiger partial charge < -0.3 is 11.1 Å². The molecule has 5 nitrogen and oxygen atoms in total. The molecule has 0 aliphatic heterocycles. The van der Waals surface area contributed by atoms with Gasteiger partial charge in [-0.15, -0.1) is 0 Å². The second-order valence-corrected chi connectivity index (χ2v) is 8.65. The van der Waals surface area contributed by atoms with E-state index in [9.17, 15) is 13.6 Å². The van der Waals surface area contributed by atoms with Crippen LogP contribution in [0.15, 0.2) is 48.8 Å². The van der Waals surface area contributed by atoms with Crippen LogP contribution in [0.2, 0.25) is 0 Å². The summed E-state index contributed by atoms with van der Waals surface area (Å²) in [4.78, 5) is 21.4. The van der Waals surface area contributed by atoms with Crippen LogP contribution in [0.5, 0.6) is 0 Å². The molecule has 0 bridgehead atoms. The highest BCUT2D eigenvalue weighted by Gasteiger charge is 2.27. The molecule has 32 heavy (non-hydrogen) atoms. The summed E-state index contributed by atoms with van der Waals surface area (Å²) in [6.07, 6.45) is 6.14. The van der Waals surface area contributed by atoms with Gasteiger partial charge in [0.2, 0.25) is 0 Å². The molecule has 7 heteroatoms. The van der Waals surface area contributed by atoms with Gasteiger partial charge in [0, 0.05) is 12.2 Å². The number of benzene rings is 1. The van der Waals surface area contributed by atoms with Crippen LogP contribution in [0, 0.1) is 24.5 Å². The quantitative estimate of drug-likeness (QED) is 0.588. The van der Waals surface area contributed by atoms with Gasteiger partial charge in [-0.05, 0) is 73.4 Å². The molecule has 2 aromatic heterocycles. The minimum atomic E-state index is -0.726. The van der Waals surface area contributed by atoms with Gasteiger partial charge in [-0.1, -0.05) is 19.1 Å². The summed E-state index contributed by atoms with van der Waals surface area (Å²) < 4.78 is 28.9. The fourth-order valence-corrected chi connectivity index (χ4v) is 4.55. The number of rotatable bonds is 4. The summed E-state index contributed by atoms with van der Waals surface area (Å²) >= 11 is 0. The Balaban J connectivity index is 1.62. The molecule has 1 fully saturated rings. The van der Waals surface area contributed by atoms with Gasteiger partial charge in [-0.25, -0.2) is 13.8 Å². The monoisotopic (exact) mass is 436 g/mol. The summed E-state index contributed by atoms with van der Waals surface area (Å²) in [6.45, 7) is 3.74. The van der Waals surface area contributed by atoms with E-state index in [2.05, 4.69) is 22.2 Å². The van der Waals surface area contributed by atoms with Crippen molar-refractivity contribution in [2.75, 3.05) is 5.32 Å². The van der Waals surface area contributed by atoms with Crippen molar-refractivity contribution >= 4 is 11.6 Å². The summed E-state index contributed by atoms with van der Waals surface area (Å²) in [5.74, 6) is -1.16. The number of anilines is 1. The zero-order chi connectivity index (χ0) is 22.8. The normalized spacial score (nSPS) is 20.7. The Labute approximate surface area is 186 Å². The number of nitrogens with one attached hydrogen (secondary N) is 1. The van der Waals surface area contributed by atoms with Crippen molar-refractivity contribution in [2.24, 2.45) is 11.7 Å². The molecule has 0 unspecified atom stereocenters. The van der Waals surface area contributed by atoms with Gasteiger partial charge in [-0.2, -0.15) is 0 Å². The first-order valence-corrected chi connectivity index (χ1v) is 10.8. The van der Waals surface area contributed by atoms with Crippen molar-refractivity contribution in [3.05, 3.63) is 77.2 Å². The van der Waals surface area contributed by atoms with Crippen LogP contribution in [0.4, 0.5) is 14.5 Å². The molecule has 3 aromatic rings. The molecular formula is C25H26F2N4O. The summed E-state index contributed by atoms with van der Waals surface area (Å²) in [6, 6.07) is 9.15. The fourth-order valence-electron chi connectivity index (χ4n) is 4.55. The lowest BCUT2D eigenvalue weighted by Crippen LogP contribution is -2.31. The number of nitrogens with two attached hydrogens (primary N) is 1. The van der Waals surface area contributed by atoms with Crippen molar-refractivity contribution in [1.82, 2.24) is 9.97 Å². The second kappa shape index (κ2) is 9.12. The maximum atomic E-state index is 14.6. The Morgan fingerprint density at radius 2 is 1.94 bits per heavy atom. The molecule has 4 rings (SSSR count). The highest BCUT2D eigenvalue weighted by molar-refractivity contribution is 6.03.